The molecule has 1 fully saturated rings. The van der Waals surface area contributed by atoms with Gasteiger partial charge in [-0.1, -0.05) is 11.6 Å². The number of hydrogen-bond acceptors (Lipinski definition) is 5. The second-order valence-electron chi connectivity index (χ2n) is 5.56. The lowest BCUT2D eigenvalue weighted by Gasteiger charge is -2.32. The fourth-order valence-electron chi connectivity index (χ4n) is 2.52. The van der Waals surface area contributed by atoms with Crippen molar-refractivity contribution in [3.05, 3.63) is 45.6 Å². The summed E-state index contributed by atoms with van der Waals surface area (Å²) < 4.78 is 43.4. The first-order valence-corrected chi connectivity index (χ1v) is 7.90. The number of nitrogens with zero attached hydrogens (tertiary/aromatic N) is 3. The fourth-order valence-corrected chi connectivity index (χ4v) is 2.68. The second-order valence-corrected chi connectivity index (χ2v) is 5.94. The average molecular weight is 375 g/mol. The molecule has 0 spiro atoms. The summed E-state index contributed by atoms with van der Waals surface area (Å²) in [7, 11) is 0. The zero-order valence-electron chi connectivity index (χ0n) is 12.9. The number of rotatable bonds is 3. The Morgan fingerprint density at radius 2 is 1.88 bits per heavy atom. The number of H-pyrrole nitrogens is 1. The molecule has 0 atom stereocenters. The third kappa shape index (κ3) is 4.04. The molecule has 1 aliphatic rings. The Balaban J connectivity index is 1.60. The van der Waals surface area contributed by atoms with Gasteiger partial charge in [0.15, 0.2) is 0 Å². The van der Waals surface area contributed by atoms with Gasteiger partial charge in [-0.25, -0.2) is 9.97 Å². The van der Waals surface area contributed by atoms with Crippen LogP contribution in [0.25, 0.3) is 0 Å². The normalized spacial score (nSPS) is 16.1. The van der Waals surface area contributed by atoms with Gasteiger partial charge in [0.2, 0.25) is 5.95 Å². The molecule has 134 valence electrons. The molecule has 0 bridgehead atoms. The summed E-state index contributed by atoms with van der Waals surface area (Å²) in [6.07, 6.45) is -0.381. The van der Waals surface area contributed by atoms with Gasteiger partial charge in [0.05, 0.1) is 5.56 Å². The quantitative estimate of drug-likeness (QED) is 0.894. The van der Waals surface area contributed by atoms with Crippen molar-refractivity contribution in [3.63, 3.8) is 0 Å². The van der Waals surface area contributed by atoms with E-state index in [-0.39, 0.29) is 17.1 Å². The van der Waals surface area contributed by atoms with E-state index in [1.54, 1.807) is 11.0 Å². The maximum Gasteiger partial charge on any atom is 0.419 e. The summed E-state index contributed by atoms with van der Waals surface area (Å²) in [6.45, 7) is 1.05. The maximum absolute atomic E-state index is 12.5. The smallest absolute Gasteiger partial charge is 0.419 e. The van der Waals surface area contributed by atoms with Crippen LogP contribution in [0.15, 0.2) is 29.5 Å². The summed E-state index contributed by atoms with van der Waals surface area (Å²) in [4.78, 5) is 23.3. The Labute approximate surface area is 145 Å². The number of halogens is 4. The van der Waals surface area contributed by atoms with Crippen molar-refractivity contribution in [3.8, 4) is 5.75 Å². The van der Waals surface area contributed by atoms with E-state index in [0.29, 0.717) is 31.7 Å². The van der Waals surface area contributed by atoms with E-state index < -0.39 is 17.3 Å². The Morgan fingerprint density at radius 1 is 1.24 bits per heavy atom. The molecule has 2 aromatic rings. The molecule has 0 amide bonds. The molecule has 6 nitrogen and oxygen atoms in total. The van der Waals surface area contributed by atoms with E-state index in [0.717, 1.165) is 12.4 Å². The van der Waals surface area contributed by atoms with Crippen molar-refractivity contribution in [1.29, 1.82) is 0 Å². The third-order valence-electron chi connectivity index (χ3n) is 3.85. The van der Waals surface area contributed by atoms with Gasteiger partial charge in [0.1, 0.15) is 16.9 Å². The monoisotopic (exact) mass is 374 g/mol. The minimum atomic E-state index is -4.45. The van der Waals surface area contributed by atoms with Crippen molar-refractivity contribution in [2.75, 3.05) is 18.0 Å². The van der Waals surface area contributed by atoms with Gasteiger partial charge in [0, 0.05) is 44.5 Å². The van der Waals surface area contributed by atoms with Crippen molar-refractivity contribution >= 4 is 17.5 Å². The Hall–Kier alpha value is -2.29. The summed E-state index contributed by atoms with van der Waals surface area (Å²) in [5.41, 5.74) is -1.30. The van der Waals surface area contributed by atoms with Crippen LogP contribution in [0.5, 0.6) is 5.75 Å². The molecule has 25 heavy (non-hydrogen) atoms. The van der Waals surface area contributed by atoms with Crippen molar-refractivity contribution < 1.29 is 17.9 Å². The predicted octanol–water partition coefficient (Wildman–Crippen LogP) is 2.88. The topological polar surface area (TPSA) is 71.1 Å². The van der Waals surface area contributed by atoms with Gasteiger partial charge in [-0.2, -0.15) is 13.2 Å². The van der Waals surface area contributed by atoms with Crippen LogP contribution in [-0.2, 0) is 6.18 Å². The Bertz CT molecular complexity index is 787. The van der Waals surface area contributed by atoms with Crippen molar-refractivity contribution in [2.24, 2.45) is 0 Å². The number of aromatic nitrogens is 3. The molecule has 3 rings (SSSR count). The molecule has 0 aliphatic carbocycles. The average Bonchev–Trinajstić information content (AvgIpc) is 2.59. The van der Waals surface area contributed by atoms with Crippen LogP contribution in [0.4, 0.5) is 19.1 Å². The number of ether oxygens (including phenoxy) is 1. The number of aromatic amines is 1. The van der Waals surface area contributed by atoms with Crippen LogP contribution in [0.1, 0.15) is 18.4 Å². The molecule has 0 unspecified atom stereocenters. The molecule has 0 saturated carbocycles. The van der Waals surface area contributed by atoms with Crippen LogP contribution in [0.3, 0.4) is 0 Å². The maximum atomic E-state index is 12.5. The zero-order valence-corrected chi connectivity index (χ0v) is 13.6. The number of anilines is 1. The van der Waals surface area contributed by atoms with Crippen molar-refractivity contribution in [2.45, 2.75) is 25.1 Å². The Kier molecular flexibility index (Phi) is 4.85. The minimum Gasteiger partial charge on any atom is -0.488 e. The Morgan fingerprint density at radius 3 is 2.48 bits per heavy atom. The van der Waals surface area contributed by atoms with E-state index in [1.165, 1.54) is 6.20 Å². The van der Waals surface area contributed by atoms with Crippen LogP contribution >= 0.6 is 11.6 Å². The van der Waals surface area contributed by atoms with E-state index >= 15 is 0 Å². The number of nitrogens with one attached hydrogen (secondary N) is 1. The van der Waals surface area contributed by atoms with Crippen LogP contribution in [0.2, 0.25) is 5.02 Å². The lowest BCUT2D eigenvalue weighted by molar-refractivity contribution is -0.138. The number of alkyl halides is 3. The molecular weight excluding hydrogens is 361 g/mol. The largest absolute Gasteiger partial charge is 0.488 e. The second kappa shape index (κ2) is 6.91. The summed E-state index contributed by atoms with van der Waals surface area (Å²) in [5, 5.41) is -0.00370. The van der Waals surface area contributed by atoms with Gasteiger partial charge >= 0.3 is 6.18 Å². The highest BCUT2D eigenvalue weighted by atomic mass is 35.5. The predicted molar refractivity (Wildman–Crippen MR) is 85.0 cm³/mol. The first-order valence-electron chi connectivity index (χ1n) is 7.52. The molecule has 1 N–H and O–H groups in total. The first kappa shape index (κ1) is 17.5. The van der Waals surface area contributed by atoms with Crippen LogP contribution in [-0.4, -0.2) is 34.1 Å². The van der Waals surface area contributed by atoms with Gasteiger partial charge in [-0.05, 0) is 6.07 Å². The van der Waals surface area contributed by atoms with Gasteiger partial charge < -0.3 is 14.6 Å². The van der Waals surface area contributed by atoms with E-state index in [1.807, 2.05) is 0 Å². The van der Waals surface area contributed by atoms with E-state index in [4.69, 9.17) is 16.3 Å². The number of pyridine rings is 1. The van der Waals surface area contributed by atoms with Gasteiger partial charge in [-0.3, -0.25) is 4.79 Å². The lowest BCUT2D eigenvalue weighted by atomic mass is 10.1. The standard InChI is InChI=1S/C15H14ClF3N4O2/c16-12-11(1-4-20-13(12)24)25-10-2-5-23(6-3-10)14-21-7-9(8-22-14)15(17,18)19/h1,4,7-8,10H,2-3,5-6H2,(H,20,24). The van der Waals surface area contributed by atoms with Gasteiger partial charge in [-0.15, -0.1) is 0 Å². The molecule has 1 aliphatic heterocycles. The summed E-state index contributed by atoms with van der Waals surface area (Å²) >= 11 is 5.90. The molecule has 0 aromatic carbocycles. The minimum absolute atomic E-state index is 0.00370. The number of hydrogen-bond donors (Lipinski definition) is 1. The SMILES string of the molecule is O=c1[nH]ccc(OC2CCN(c3ncc(C(F)(F)F)cn3)CC2)c1Cl. The fraction of sp³-hybridized carbons (Fsp3) is 0.400. The highest BCUT2D eigenvalue weighted by Gasteiger charge is 2.32. The van der Waals surface area contributed by atoms with Crippen LogP contribution < -0.4 is 15.2 Å². The summed E-state index contributed by atoms with van der Waals surface area (Å²) in [6, 6.07) is 1.58. The molecule has 0 radical (unpaired) electrons. The molecular formula is C15H14ClF3N4O2. The lowest BCUT2D eigenvalue weighted by Crippen LogP contribution is -2.39. The molecule has 10 heteroatoms. The molecule has 1 saturated heterocycles. The molecule has 3 heterocycles. The number of piperidine rings is 1. The van der Waals surface area contributed by atoms with E-state index in [9.17, 15) is 18.0 Å². The zero-order chi connectivity index (χ0) is 18.0. The van der Waals surface area contributed by atoms with Crippen LogP contribution in [0, 0.1) is 0 Å². The van der Waals surface area contributed by atoms with Gasteiger partial charge in [0.25, 0.3) is 5.56 Å². The third-order valence-corrected chi connectivity index (χ3v) is 4.21. The van der Waals surface area contributed by atoms with E-state index in [2.05, 4.69) is 15.0 Å². The summed E-state index contributed by atoms with van der Waals surface area (Å²) in [5.74, 6) is 0.565. The first-order chi connectivity index (χ1) is 11.8. The highest BCUT2D eigenvalue weighted by molar-refractivity contribution is 6.31. The highest BCUT2D eigenvalue weighted by Crippen LogP contribution is 2.29. The molecule has 2 aromatic heterocycles. The van der Waals surface area contributed by atoms with Crippen molar-refractivity contribution in [1.82, 2.24) is 15.0 Å².